The molecule has 3 aromatic rings. The first-order valence-corrected chi connectivity index (χ1v) is 10.3. The molecular formula is C20H21N5O3S. The van der Waals surface area contributed by atoms with E-state index in [1.54, 1.807) is 4.68 Å². The SMILES string of the molecule is Cc1ccc(-n2nnnc2SCC(=O)N[C@H](C)c2ccc3c(c2)OCCO3)cc1. The summed E-state index contributed by atoms with van der Waals surface area (Å²) in [5.74, 6) is 1.55. The van der Waals surface area contributed by atoms with Gasteiger partial charge in [-0.2, -0.15) is 4.68 Å². The van der Waals surface area contributed by atoms with Crippen LogP contribution >= 0.6 is 11.8 Å². The summed E-state index contributed by atoms with van der Waals surface area (Å²) in [7, 11) is 0. The molecule has 9 heteroatoms. The second kappa shape index (κ2) is 8.52. The van der Waals surface area contributed by atoms with Crippen LogP contribution in [-0.2, 0) is 4.79 Å². The van der Waals surface area contributed by atoms with E-state index >= 15 is 0 Å². The maximum Gasteiger partial charge on any atom is 0.230 e. The molecule has 2 aromatic carbocycles. The van der Waals surface area contributed by atoms with Crippen molar-refractivity contribution in [2.75, 3.05) is 19.0 Å². The van der Waals surface area contributed by atoms with Gasteiger partial charge in [0.1, 0.15) is 13.2 Å². The lowest BCUT2D eigenvalue weighted by atomic mass is 10.1. The molecule has 1 amide bonds. The molecule has 1 atom stereocenters. The van der Waals surface area contributed by atoms with Crippen LogP contribution in [0.3, 0.4) is 0 Å². The van der Waals surface area contributed by atoms with Gasteiger partial charge in [-0.15, -0.1) is 5.10 Å². The monoisotopic (exact) mass is 411 g/mol. The van der Waals surface area contributed by atoms with Gasteiger partial charge < -0.3 is 14.8 Å². The van der Waals surface area contributed by atoms with Crippen LogP contribution in [0.2, 0.25) is 0 Å². The van der Waals surface area contributed by atoms with Crippen molar-refractivity contribution in [2.45, 2.75) is 25.0 Å². The largest absolute Gasteiger partial charge is 0.486 e. The fourth-order valence-electron chi connectivity index (χ4n) is 2.94. The number of hydrogen-bond donors (Lipinski definition) is 1. The molecule has 0 spiro atoms. The Morgan fingerprint density at radius 3 is 2.72 bits per heavy atom. The van der Waals surface area contributed by atoms with Crippen molar-refractivity contribution in [3.63, 3.8) is 0 Å². The van der Waals surface area contributed by atoms with Gasteiger partial charge in [0.05, 0.1) is 17.5 Å². The number of aromatic nitrogens is 4. The van der Waals surface area contributed by atoms with Gasteiger partial charge in [0.25, 0.3) is 0 Å². The van der Waals surface area contributed by atoms with Crippen molar-refractivity contribution in [1.82, 2.24) is 25.5 Å². The lowest BCUT2D eigenvalue weighted by molar-refractivity contribution is -0.119. The summed E-state index contributed by atoms with van der Waals surface area (Å²) in [5.41, 5.74) is 2.97. The third-order valence-electron chi connectivity index (χ3n) is 4.50. The first kappa shape index (κ1) is 19.3. The van der Waals surface area contributed by atoms with E-state index < -0.39 is 0 Å². The predicted molar refractivity (Wildman–Crippen MR) is 109 cm³/mol. The molecule has 1 aromatic heterocycles. The molecular weight excluding hydrogens is 390 g/mol. The smallest absolute Gasteiger partial charge is 0.230 e. The molecule has 0 bridgehead atoms. The summed E-state index contributed by atoms with van der Waals surface area (Å²) in [6.07, 6.45) is 0. The minimum absolute atomic E-state index is 0.101. The summed E-state index contributed by atoms with van der Waals surface area (Å²) in [5, 5.41) is 15.3. The first-order chi connectivity index (χ1) is 14.1. The lowest BCUT2D eigenvalue weighted by Gasteiger charge is -2.21. The van der Waals surface area contributed by atoms with Crippen LogP contribution in [0.25, 0.3) is 5.69 Å². The fraction of sp³-hybridized carbons (Fsp3) is 0.300. The second-order valence-corrected chi connectivity index (χ2v) is 7.63. The Hall–Kier alpha value is -3.07. The number of rotatable bonds is 6. The number of nitrogens with zero attached hydrogens (tertiary/aromatic N) is 4. The van der Waals surface area contributed by atoms with Crippen molar-refractivity contribution in [3.8, 4) is 17.2 Å². The Morgan fingerprint density at radius 1 is 1.17 bits per heavy atom. The molecule has 0 unspecified atom stereocenters. The van der Waals surface area contributed by atoms with Crippen LogP contribution in [0.15, 0.2) is 47.6 Å². The molecule has 0 radical (unpaired) electrons. The number of carbonyl (C=O) groups excluding carboxylic acids is 1. The highest BCUT2D eigenvalue weighted by atomic mass is 32.2. The Bertz CT molecular complexity index is 1010. The van der Waals surface area contributed by atoms with Crippen LogP contribution in [-0.4, -0.2) is 45.1 Å². The number of aryl methyl sites for hydroxylation is 1. The summed E-state index contributed by atoms with van der Waals surface area (Å²) in [6, 6.07) is 13.4. The first-order valence-electron chi connectivity index (χ1n) is 9.27. The molecule has 8 nitrogen and oxygen atoms in total. The maximum atomic E-state index is 12.4. The molecule has 1 aliphatic heterocycles. The average molecular weight is 411 g/mol. The number of nitrogens with one attached hydrogen (secondary N) is 1. The van der Waals surface area contributed by atoms with Gasteiger partial charge in [-0.3, -0.25) is 4.79 Å². The second-order valence-electron chi connectivity index (χ2n) is 6.69. The Balaban J connectivity index is 1.36. The predicted octanol–water partition coefficient (Wildman–Crippen LogP) is 2.71. The molecule has 29 heavy (non-hydrogen) atoms. The number of amides is 1. The van der Waals surface area contributed by atoms with Gasteiger partial charge in [0.2, 0.25) is 11.1 Å². The molecule has 0 fully saturated rings. The normalized spacial score (nSPS) is 13.7. The van der Waals surface area contributed by atoms with Crippen molar-refractivity contribution in [3.05, 3.63) is 53.6 Å². The molecule has 150 valence electrons. The molecule has 0 aliphatic carbocycles. The van der Waals surface area contributed by atoms with Crippen molar-refractivity contribution >= 4 is 17.7 Å². The van der Waals surface area contributed by atoms with Crippen LogP contribution in [0.4, 0.5) is 0 Å². The number of benzene rings is 2. The van der Waals surface area contributed by atoms with Crippen LogP contribution in [0, 0.1) is 6.92 Å². The number of fused-ring (bicyclic) bond motifs is 1. The summed E-state index contributed by atoms with van der Waals surface area (Å²) in [6.45, 7) is 5.04. The molecule has 0 saturated heterocycles. The highest BCUT2D eigenvalue weighted by molar-refractivity contribution is 7.99. The summed E-state index contributed by atoms with van der Waals surface area (Å²) < 4.78 is 12.8. The standard InChI is InChI=1S/C20H21N5O3S/c1-13-3-6-16(7-4-13)25-20(22-23-24-25)29-12-19(26)21-14(2)15-5-8-17-18(11-15)28-10-9-27-17/h3-8,11,14H,9-10,12H2,1-2H3,(H,21,26)/t14-/m1/s1. The minimum Gasteiger partial charge on any atom is -0.486 e. The van der Waals surface area contributed by atoms with Crippen LogP contribution in [0.5, 0.6) is 11.5 Å². The van der Waals surface area contributed by atoms with E-state index in [1.807, 2.05) is 56.3 Å². The Kier molecular flexibility index (Phi) is 5.66. The van der Waals surface area contributed by atoms with Crippen molar-refractivity contribution < 1.29 is 14.3 Å². The third kappa shape index (κ3) is 4.51. The summed E-state index contributed by atoms with van der Waals surface area (Å²) in [4.78, 5) is 12.4. The van der Waals surface area contributed by atoms with Gasteiger partial charge in [-0.05, 0) is 54.1 Å². The zero-order valence-electron chi connectivity index (χ0n) is 16.2. The highest BCUT2D eigenvalue weighted by Gasteiger charge is 2.17. The fourth-order valence-corrected chi connectivity index (χ4v) is 3.64. The van der Waals surface area contributed by atoms with E-state index in [4.69, 9.17) is 9.47 Å². The number of tetrazole rings is 1. The van der Waals surface area contributed by atoms with Gasteiger partial charge >= 0.3 is 0 Å². The molecule has 0 saturated carbocycles. The van der Waals surface area contributed by atoms with E-state index in [0.29, 0.717) is 24.1 Å². The number of ether oxygens (including phenoxy) is 2. The van der Waals surface area contributed by atoms with E-state index in [0.717, 1.165) is 22.6 Å². The van der Waals surface area contributed by atoms with E-state index in [1.165, 1.54) is 11.8 Å². The Morgan fingerprint density at radius 2 is 1.93 bits per heavy atom. The van der Waals surface area contributed by atoms with E-state index in [2.05, 4.69) is 20.8 Å². The minimum atomic E-state index is -0.160. The van der Waals surface area contributed by atoms with E-state index in [9.17, 15) is 4.79 Å². The maximum absolute atomic E-state index is 12.4. The van der Waals surface area contributed by atoms with Crippen LogP contribution in [0.1, 0.15) is 24.1 Å². The molecule has 1 aliphatic rings. The Labute approximate surface area is 172 Å². The highest BCUT2D eigenvalue weighted by Crippen LogP contribution is 2.32. The van der Waals surface area contributed by atoms with Gasteiger partial charge in [-0.1, -0.05) is 35.5 Å². The van der Waals surface area contributed by atoms with Gasteiger partial charge in [0, 0.05) is 0 Å². The van der Waals surface area contributed by atoms with Gasteiger partial charge in [-0.25, -0.2) is 0 Å². The molecule has 4 rings (SSSR count). The van der Waals surface area contributed by atoms with Crippen molar-refractivity contribution in [1.29, 1.82) is 0 Å². The van der Waals surface area contributed by atoms with Crippen LogP contribution < -0.4 is 14.8 Å². The molecule has 2 heterocycles. The zero-order valence-corrected chi connectivity index (χ0v) is 17.0. The number of carbonyl (C=O) groups is 1. The van der Waals surface area contributed by atoms with Crippen molar-refractivity contribution in [2.24, 2.45) is 0 Å². The lowest BCUT2D eigenvalue weighted by Crippen LogP contribution is -2.28. The summed E-state index contributed by atoms with van der Waals surface area (Å²) >= 11 is 1.29. The van der Waals surface area contributed by atoms with Gasteiger partial charge in [0.15, 0.2) is 11.5 Å². The van der Waals surface area contributed by atoms with E-state index in [-0.39, 0.29) is 17.7 Å². The number of hydrogen-bond acceptors (Lipinski definition) is 7. The molecule has 1 N–H and O–H groups in total. The quantitative estimate of drug-likeness (QED) is 0.624. The topological polar surface area (TPSA) is 91.2 Å². The zero-order chi connectivity index (χ0) is 20.2. The average Bonchev–Trinajstić information content (AvgIpc) is 3.21. The third-order valence-corrected chi connectivity index (χ3v) is 5.41. The number of thioether (sulfide) groups is 1.